The van der Waals surface area contributed by atoms with E-state index in [4.69, 9.17) is 15.2 Å². The quantitative estimate of drug-likeness (QED) is 0.513. The zero-order valence-electron chi connectivity index (χ0n) is 13.3. The summed E-state index contributed by atoms with van der Waals surface area (Å²) < 4.78 is 10.7. The van der Waals surface area contributed by atoms with Crippen LogP contribution in [0.2, 0.25) is 0 Å². The molecule has 0 atom stereocenters. The van der Waals surface area contributed by atoms with Crippen LogP contribution in [0.25, 0.3) is 22.2 Å². The molecule has 0 saturated carbocycles. The number of hydrogen-bond acceptors (Lipinski definition) is 3. The van der Waals surface area contributed by atoms with E-state index in [2.05, 4.69) is 29.2 Å². The van der Waals surface area contributed by atoms with Gasteiger partial charge in [0.15, 0.2) is 0 Å². The average Bonchev–Trinajstić information content (AvgIpc) is 3.00. The third kappa shape index (κ3) is 3.73. The second-order valence-electron chi connectivity index (χ2n) is 5.60. The molecule has 3 N–H and O–H groups in total. The van der Waals surface area contributed by atoms with Gasteiger partial charge in [0.2, 0.25) is 0 Å². The fraction of sp³-hybridized carbons (Fsp3) is 0.263. The first kappa shape index (κ1) is 15.6. The van der Waals surface area contributed by atoms with Crippen molar-refractivity contribution in [1.82, 2.24) is 4.98 Å². The summed E-state index contributed by atoms with van der Waals surface area (Å²) in [5, 5.41) is 1.11. The Labute approximate surface area is 136 Å². The molecular formula is C19H22N2O2. The Morgan fingerprint density at radius 1 is 1.04 bits per heavy atom. The first-order valence-electron chi connectivity index (χ1n) is 7.81. The molecule has 1 aromatic heterocycles. The van der Waals surface area contributed by atoms with E-state index in [0.29, 0.717) is 13.2 Å². The fourth-order valence-electron chi connectivity index (χ4n) is 2.69. The normalized spacial score (nSPS) is 11.2. The molecule has 0 radical (unpaired) electrons. The van der Waals surface area contributed by atoms with Crippen LogP contribution in [0.5, 0.6) is 0 Å². The van der Waals surface area contributed by atoms with Gasteiger partial charge in [0.25, 0.3) is 0 Å². The zero-order chi connectivity index (χ0) is 16.1. The molecule has 3 aromatic rings. The number of aromatic amines is 1. The highest BCUT2D eigenvalue weighted by Gasteiger charge is 2.07. The van der Waals surface area contributed by atoms with Crippen LogP contribution in [0.1, 0.15) is 12.0 Å². The lowest BCUT2D eigenvalue weighted by molar-refractivity contribution is 0.0929. The summed E-state index contributed by atoms with van der Waals surface area (Å²) in [6, 6.07) is 16.5. The molecule has 23 heavy (non-hydrogen) atoms. The van der Waals surface area contributed by atoms with Gasteiger partial charge >= 0.3 is 0 Å². The first-order valence-corrected chi connectivity index (χ1v) is 7.81. The number of anilines is 1. The number of benzene rings is 2. The van der Waals surface area contributed by atoms with E-state index in [9.17, 15) is 0 Å². The second-order valence-corrected chi connectivity index (χ2v) is 5.60. The van der Waals surface area contributed by atoms with Crippen molar-refractivity contribution in [3.8, 4) is 11.3 Å². The second kappa shape index (κ2) is 7.31. The molecule has 4 nitrogen and oxygen atoms in total. The lowest BCUT2D eigenvalue weighted by Crippen LogP contribution is -2.00. The average molecular weight is 310 g/mol. The summed E-state index contributed by atoms with van der Waals surface area (Å²) in [6.45, 7) is 1.98. The van der Waals surface area contributed by atoms with Crippen molar-refractivity contribution < 1.29 is 9.47 Å². The number of H-pyrrole nitrogens is 1. The molecule has 0 unspecified atom stereocenters. The molecule has 0 fully saturated rings. The van der Waals surface area contributed by atoms with Gasteiger partial charge in [-0.1, -0.05) is 30.3 Å². The number of fused-ring (bicyclic) bond motifs is 1. The van der Waals surface area contributed by atoms with Crippen molar-refractivity contribution in [2.75, 3.05) is 26.1 Å². The van der Waals surface area contributed by atoms with E-state index in [1.807, 2.05) is 24.3 Å². The van der Waals surface area contributed by atoms with Gasteiger partial charge in [0, 0.05) is 31.4 Å². The van der Waals surface area contributed by atoms with Gasteiger partial charge in [0.05, 0.1) is 17.8 Å². The van der Waals surface area contributed by atoms with Crippen molar-refractivity contribution in [1.29, 1.82) is 0 Å². The molecule has 3 rings (SSSR count). The van der Waals surface area contributed by atoms with Gasteiger partial charge in [-0.05, 0) is 35.7 Å². The lowest BCUT2D eigenvalue weighted by atomic mass is 10.1. The number of methoxy groups -OCH3 is 1. The van der Waals surface area contributed by atoms with E-state index < -0.39 is 0 Å². The van der Waals surface area contributed by atoms with Crippen LogP contribution in [0.4, 0.5) is 5.69 Å². The van der Waals surface area contributed by atoms with Crippen molar-refractivity contribution in [2.45, 2.75) is 13.0 Å². The number of nitrogen functional groups attached to an aromatic ring is 1. The van der Waals surface area contributed by atoms with Crippen molar-refractivity contribution in [3.63, 3.8) is 0 Å². The summed E-state index contributed by atoms with van der Waals surface area (Å²) in [5.74, 6) is 0. The maximum absolute atomic E-state index is 6.19. The topological polar surface area (TPSA) is 60.3 Å². The maximum Gasteiger partial charge on any atom is 0.0717 e. The summed E-state index contributed by atoms with van der Waals surface area (Å²) in [5.41, 5.74) is 11.2. The van der Waals surface area contributed by atoms with E-state index in [0.717, 1.165) is 46.4 Å². The van der Waals surface area contributed by atoms with Crippen LogP contribution in [0, 0.1) is 0 Å². The summed E-state index contributed by atoms with van der Waals surface area (Å²) in [4.78, 5) is 3.41. The standard InChI is InChI=1S/C19H22N2O2/c1-22-8-5-9-23-13-14-10-16-12-18(15-6-3-2-4-7-15)21-19(16)17(20)11-14/h2-4,6-7,10-12,21H,5,8-9,13,20H2,1H3. The Morgan fingerprint density at radius 2 is 1.87 bits per heavy atom. The number of aromatic nitrogens is 1. The summed E-state index contributed by atoms with van der Waals surface area (Å²) >= 11 is 0. The molecule has 0 spiro atoms. The van der Waals surface area contributed by atoms with E-state index in [1.165, 1.54) is 0 Å². The van der Waals surface area contributed by atoms with Gasteiger partial charge in [0.1, 0.15) is 0 Å². The van der Waals surface area contributed by atoms with Crippen molar-refractivity contribution in [2.24, 2.45) is 0 Å². The molecule has 0 amide bonds. The molecule has 120 valence electrons. The van der Waals surface area contributed by atoms with Crippen LogP contribution in [0.15, 0.2) is 48.5 Å². The Kier molecular flexibility index (Phi) is 4.95. The van der Waals surface area contributed by atoms with Crippen molar-refractivity contribution >= 4 is 16.6 Å². The predicted molar refractivity (Wildman–Crippen MR) is 94.3 cm³/mol. The minimum absolute atomic E-state index is 0.565. The first-order chi connectivity index (χ1) is 11.3. The summed E-state index contributed by atoms with van der Waals surface area (Å²) in [7, 11) is 1.70. The molecule has 0 aliphatic carbocycles. The van der Waals surface area contributed by atoms with Gasteiger partial charge in [-0.3, -0.25) is 0 Å². The number of hydrogen-bond donors (Lipinski definition) is 2. The highest BCUT2D eigenvalue weighted by molar-refractivity contribution is 5.94. The van der Waals surface area contributed by atoms with Crippen LogP contribution >= 0.6 is 0 Å². The van der Waals surface area contributed by atoms with E-state index >= 15 is 0 Å². The van der Waals surface area contributed by atoms with Crippen LogP contribution in [-0.4, -0.2) is 25.3 Å². The smallest absolute Gasteiger partial charge is 0.0717 e. The maximum atomic E-state index is 6.19. The Morgan fingerprint density at radius 3 is 2.65 bits per heavy atom. The minimum Gasteiger partial charge on any atom is -0.397 e. The van der Waals surface area contributed by atoms with E-state index in [-0.39, 0.29) is 0 Å². The summed E-state index contributed by atoms with van der Waals surface area (Å²) in [6.07, 6.45) is 0.899. The largest absolute Gasteiger partial charge is 0.397 e. The molecule has 4 heteroatoms. The monoisotopic (exact) mass is 310 g/mol. The minimum atomic E-state index is 0.565. The zero-order valence-corrected chi connectivity index (χ0v) is 13.3. The van der Waals surface area contributed by atoms with Crippen molar-refractivity contribution in [3.05, 3.63) is 54.1 Å². The van der Waals surface area contributed by atoms with Gasteiger partial charge < -0.3 is 20.2 Å². The van der Waals surface area contributed by atoms with Gasteiger partial charge in [-0.2, -0.15) is 0 Å². The van der Waals surface area contributed by atoms with Crippen LogP contribution in [0.3, 0.4) is 0 Å². The van der Waals surface area contributed by atoms with Gasteiger partial charge in [-0.25, -0.2) is 0 Å². The third-order valence-electron chi connectivity index (χ3n) is 3.81. The Bertz CT molecular complexity index is 766. The molecule has 0 aliphatic heterocycles. The molecule has 2 aromatic carbocycles. The molecule has 1 heterocycles. The van der Waals surface area contributed by atoms with Crippen LogP contribution < -0.4 is 5.73 Å². The molecule has 0 bridgehead atoms. The number of nitrogens with two attached hydrogens (primary N) is 1. The Hall–Kier alpha value is -2.30. The molecular weight excluding hydrogens is 288 g/mol. The molecule has 0 saturated heterocycles. The highest BCUT2D eigenvalue weighted by atomic mass is 16.5. The van der Waals surface area contributed by atoms with Gasteiger partial charge in [-0.15, -0.1) is 0 Å². The highest BCUT2D eigenvalue weighted by Crippen LogP contribution is 2.28. The predicted octanol–water partition coefficient (Wildman–Crippen LogP) is 3.97. The SMILES string of the molecule is COCCCOCc1cc(N)c2[nH]c(-c3ccccc3)cc2c1. The number of ether oxygens (including phenoxy) is 2. The number of nitrogens with one attached hydrogen (secondary N) is 1. The lowest BCUT2D eigenvalue weighted by Gasteiger charge is -2.06. The Balaban J connectivity index is 1.78. The fourth-order valence-corrected chi connectivity index (χ4v) is 2.69. The molecule has 0 aliphatic rings. The van der Waals surface area contributed by atoms with Crippen LogP contribution in [-0.2, 0) is 16.1 Å². The third-order valence-corrected chi connectivity index (χ3v) is 3.81. The number of rotatable bonds is 7. The van der Waals surface area contributed by atoms with E-state index in [1.54, 1.807) is 7.11 Å².